The van der Waals surface area contributed by atoms with Gasteiger partial charge in [0.25, 0.3) is 0 Å². The number of aromatic nitrogens is 1. The maximum absolute atomic E-state index is 8.58. The third-order valence-corrected chi connectivity index (χ3v) is 2.07. The summed E-state index contributed by atoms with van der Waals surface area (Å²) in [5, 5.41) is 11.9. The Kier molecular flexibility index (Phi) is 5.07. The Hall–Kier alpha value is -1.13. The molecule has 2 N–H and O–H groups in total. The van der Waals surface area contributed by atoms with E-state index < -0.39 is 0 Å². The van der Waals surface area contributed by atoms with Gasteiger partial charge in [-0.25, -0.2) is 0 Å². The van der Waals surface area contributed by atoms with E-state index in [9.17, 15) is 0 Å². The fourth-order valence-corrected chi connectivity index (χ4v) is 1.31. The first-order valence-electron chi connectivity index (χ1n) is 5.21. The van der Waals surface area contributed by atoms with Crippen molar-refractivity contribution in [3.8, 4) is 5.75 Å². The predicted octanol–water partition coefficient (Wildman–Crippen LogP) is 1.12. The smallest absolute Gasteiger partial charge is 0.137 e. The summed E-state index contributed by atoms with van der Waals surface area (Å²) < 4.78 is 5.22. The molecule has 0 saturated carbocycles. The third-order valence-electron chi connectivity index (χ3n) is 2.07. The molecule has 0 radical (unpaired) electrons. The van der Waals surface area contributed by atoms with Gasteiger partial charge < -0.3 is 15.2 Å². The highest BCUT2D eigenvalue weighted by Gasteiger charge is 2.04. The molecule has 0 aliphatic heterocycles. The SMILES string of the molecule is CCNC(C)c1ccc(OCCO)cn1. The Morgan fingerprint density at radius 3 is 2.87 bits per heavy atom. The molecule has 1 atom stereocenters. The minimum absolute atomic E-state index is 0.0234. The van der Waals surface area contributed by atoms with E-state index in [1.54, 1.807) is 6.20 Å². The van der Waals surface area contributed by atoms with Crippen molar-refractivity contribution < 1.29 is 9.84 Å². The molecule has 0 amide bonds. The Labute approximate surface area is 90.3 Å². The number of rotatable bonds is 6. The Balaban J connectivity index is 2.55. The van der Waals surface area contributed by atoms with Gasteiger partial charge >= 0.3 is 0 Å². The molecule has 0 saturated heterocycles. The molecule has 1 heterocycles. The van der Waals surface area contributed by atoms with Crippen LogP contribution in [-0.2, 0) is 0 Å². The molecule has 4 nitrogen and oxygen atoms in total. The molecule has 1 aromatic heterocycles. The lowest BCUT2D eigenvalue weighted by Gasteiger charge is -2.12. The number of aliphatic hydroxyl groups excluding tert-OH is 1. The fourth-order valence-electron chi connectivity index (χ4n) is 1.31. The Bertz CT molecular complexity index is 274. The fraction of sp³-hybridized carbons (Fsp3) is 0.545. The largest absolute Gasteiger partial charge is 0.490 e. The van der Waals surface area contributed by atoms with E-state index in [2.05, 4.69) is 24.1 Å². The van der Waals surface area contributed by atoms with Crippen LogP contribution in [0.3, 0.4) is 0 Å². The maximum atomic E-state index is 8.58. The van der Waals surface area contributed by atoms with Gasteiger partial charge in [-0.15, -0.1) is 0 Å². The number of pyridine rings is 1. The lowest BCUT2D eigenvalue weighted by Crippen LogP contribution is -2.18. The molecule has 84 valence electrons. The van der Waals surface area contributed by atoms with E-state index in [1.807, 2.05) is 12.1 Å². The van der Waals surface area contributed by atoms with Gasteiger partial charge in [0.05, 0.1) is 18.5 Å². The zero-order valence-corrected chi connectivity index (χ0v) is 9.23. The Morgan fingerprint density at radius 1 is 1.53 bits per heavy atom. The minimum Gasteiger partial charge on any atom is -0.490 e. The van der Waals surface area contributed by atoms with Gasteiger partial charge in [0.2, 0.25) is 0 Å². The number of aliphatic hydroxyl groups is 1. The average molecular weight is 210 g/mol. The van der Waals surface area contributed by atoms with E-state index in [4.69, 9.17) is 9.84 Å². The zero-order valence-electron chi connectivity index (χ0n) is 9.23. The first kappa shape index (κ1) is 11.9. The predicted molar refractivity (Wildman–Crippen MR) is 58.9 cm³/mol. The second kappa shape index (κ2) is 6.37. The highest BCUT2D eigenvalue weighted by atomic mass is 16.5. The number of hydrogen-bond acceptors (Lipinski definition) is 4. The number of nitrogens with zero attached hydrogens (tertiary/aromatic N) is 1. The monoisotopic (exact) mass is 210 g/mol. The van der Waals surface area contributed by atoms with Crippen LogP contribution in [0.5, 0.6) is 5.75 Å². The Morgan fingerprint density at radius 2 is 2.33 bits per heavy atom. The first-order chi connectivity index (χ1) is 7.27. The van der Waals surface area contributed by atoms with Crippen LogP contribution >= 0.6 is 0 Å². The molecule has 4 heteroatoms. The van der Waals surface area contributed by atoms with Gasteiger partial charge in [0.1, 0.15) is 12.4 Å². The molecule has 0 aliphatic carbocycles. The first-order valence-corrected chi connectivity index (χ1v) is 5.21. The van der Waals surface area contributed by atoms with Crippen molar-refractivity contribution in [2.45, 2.75) is 19.9 Å². The lowest BCUT2D eigenvalue weighted by molar-refractivity contribution is 0.201. The van der Waals surface area contributed by atoms with Gasteiger partial charge in [-0.2, -0.15) is 0 Å². The van der Waals surface area contributed by atoms with Crippen LogP contribution < -0.4 is 10.1 Å². The molecule has 15 heavy (non-hydrogen) atoms. The van der Waals surface area contributed by atoms with Gasteiger partial charge in [-0.3, -0.25) is 4.98 Å². The summed E-state index contributed by atoms with van der Waals surface area (Å²) in [6, 6.07) is 4.05. The van der Waals surface area contributed by atoms with E-state index in [1.165, 1.54) is 0 Å². The molecule has 0 bridgehead atoms. The van der Waals surface area contributed by atoms with Crippen LogP contribution in [0, 0.1) is 0 Å². The maximum Gasteiger partial charge on any atom is 0.137 e. The lowest BCUT2D eigenvalue weighted by atomic mass is 10.2. The number of hydrogen-bond donors (Lipinski definition) is 2. The van der Waals surface area contributed by atoms with Crippen molar-refractivity contribution in [3.63, 3.8) is 0 Å². The quantitative estimate of drug-likeness (QED) is 0.739. The molecule has 0 aliphatic rings. The molecule has 1 unspecified atom stereocenters. The summed E-state index contributed by atoms with van der Waals surface area (Å²) in [6.45, 7) is 5.39. The summed E-state index contributed by atoms with van der Waals surface area (Å²) >= 11 is 0. The van der Waals surface area contributed by atoms with Gasteiger partial charge in [-0.1, -0.05) is 6.92 Å². The van der Waals surface area contributed by atoms with Crippen molar-refractivity contribution >= 4 is 0 Å². The molecule has 0 fully saturated rings. The van der Waals surface area contributed by atoms with Crippen molar-refractivity contribution in [2.75, 3.05) is 19.8 Å². The number of ether oxygens (including phenoxy) is 1. The van der Waals surface area contributed by atoms with Crippen molar-refractivity contribution in [3.05, 3.63) is 24.0 Å². The van der Waals surface area contributed by atoms with E-state index in [0.717, 1.165) is 12.2 Å². The van der Waals surface area contributed by atoms with Crippen molar-refractivity contribution in [1.29, 1.82) is 0 Å². The highest BCUT2D eigenvalue weighted by Crippen LogP contribution is 2.13. The van der Waals surface area contributed by atoms with Gasteiger partial charge in [0, 0.05) is 6.04 Å². The summed E-state index contributed by atoms with van der Waals surface area (Å²) in [4.78, 5) is 4.28. The molecule has 1 rings (SSSR count). The minimum atomic E-state index is 0.0234. The topological polar surface area (TPSA) is 54.4 Å². The van der Waals surface area contributed by atoms with Gasteiger partial charge in [0.15, 0.2) is 0 Å². The van der Waals surface area contributed by atoms with Crippen LogP contribution in [0.15, 0.2) is 18.3 Å². The molecule has 0 aromatic carbocycles. The third kappa shape index (κ3) is 3.85. The molecule has 0 spiro atoms. The second-order valence-corrected chi connectivity index (χ2v) is 3.27. The highest BCUT2D eigenvalue weighted by molar-refractivity contribution is 5.21. The normalized spacial score (nSPS) is 12.5. The standard InChI is InChI=1S/C11H18N2O2/c1-3-12-9(2)11-5-4-10(8-13-11)15-7-6-14/h4-5,8-9,12,14H,3,6-7H2,1-2H3. The van der Waals surface area contributed by atoms with Gasteiger partial charge in [-0.05, 0) is 25.6 Å². The van der Waals surface area contributed by atoms with Crippen LogP contribution in [-0.4, -0.2) is 29.8 Å². The summed E-state index contributed by atoms with van der Waals surface area (Å²) in [5.41, 5.74) is 0.994. The summed E-state index contributed by atoms with van der Waals surface area (Å²) in [6.07, 6.45) is 1.68. The molecular formula is C11H18N2O2. The van der Waals surface area contributed by atoms with Crippen LogP contribution in [0.25, 0.3) is 0 Å². The molecule has 1 aromatic rings. The van der Waals surface area contributed by atoms with Crippen LogP contribution in [0.2, 0.25) is 0 Å². The zero-order chi connectivity index (χ0) is 11.1. The van der Waals surface area contributed by atoms with Crippen LogP contribution in [0.4, 0.5) is 0 Å². The van der Waals surface area contributed by atoms with Crippen molar-refractivity contribution in [1.82, 2.24) is 10.3 Å². The summed E-state index contributed by atoms with van der Waals surface area (Å²) in [5.74, 6) is 0.691. The van der Waals surface area contributed by atoms with E-state index >= 15 is 0 Å². The van der Waals surface area contributed by atoms with Crippen molar-refractivity contribution in [2.24, 2.45) is 0 Å². The van der Waals surface area contributed by atoms with Crippen LogP contribution in [0.1, 0.15) is 25.6 Å². The number of nitrogens with one attached hydrogen (secondary N) is 1. The van der Waals surface area contributed by atoms with E-state index in [0.29, 0.717) is 12.4 Å². The molecular weight excluding hydrogens is 192 g/mol. The average Bonchev–Trinajstić information content (AvgIpc) is 2.27. The summed E-state index contributed by atoms with van der Waals surface area (Å²) in [7, 11) is 0. The van der Waals surface area contributed by atoms with E-state index in [-0.39, 0.29) is 12.6 Å². The second-order valence-electron chi connectivity index (χ2n) is 3.27.